The minimum absolute atomic E-state index is 0. The minimum atomic E-state index is -0.466. The topological polar surface area (TPSA) is 38.7 Å². The number of ether oxygens (including phenoxy) is 2. The van der Waals surface area contributed by atoms with Crippen molar-refractivity contribution in [3.05, 3.63) is 65.7 Å². The first-order valence-electron chi connectivity index (χ1n) is 13.8. The van der Waals surface area contributed by atoms with E-state index >= 15 is 0 Å². The van der Waals surface area contributed by atoms with E-state index < -0.39 is 6.10 Å². The Hall–Kier alpha value is -1.59. The summed E-state index contributed by atoms with van der Waals surface area (Å²) in [7, 11) is 0. The molecule has 0 amide bonds. The number of likely N-dealkylation sites (tertiary alicyclic amines) is 1. The Balaban J connectivity index is 0.00000481. The van der Waals surface area contributed by atoms with Crippen LogP contribution < -0.4 is 17.1 Å². The molecule has 1 heterocycles. The zero-order chi connectivity index (χ0) is 26.2. The van der Waals surface area contributed by atoms with Gasteiger partial charge in [0, 0.05) is 5.56 Å². The molecular formula is C32H50ClNO3. The molecule has 0 spiro atoms. The SMILES string of the molecule is CC1CC[N+](Cc2ccccc2)(CC(O)COCCOc2ccc(C(C)(C)CC(C)(C)C)cc2)CC1.[Cl-]. The summed E-state index contributed by atoms with van der Waals surface area (Å²) >= 11 is 0. The van der Waals surface area contributed by atoms with Crippen molar-refractivity contribution < 1.29 is 31.5 Å². The highest BCUT2D eigenvalue weighted by Gasteiger charge is 2.35. The number of piperidine rings is 1. The number of rotatable bonds is 12. The Kier molecular flexibility index (Phi) is 12.0. The number of halogens is 1. The van der Waals surface area contributed by atoms with E-state index in [9.17, 15) is 5.11 Å². The third kappa shape index (κ3) is 10.6. The normalized spacial score (nSPS) is 21.2. The maximum atomic E-state index is 10.8. The molecule has 3 rings (SSSR count). The number of nitrogens with zero attached hydrogens (tertiary/aromatic N) is 1. The summed E-state index contributed by atoms with van der Waals surface area (Å²) in [4.78, 5) is 0. The lowest BCUT2D eigenvalue weighted by Crippen LogP contribution is -3.00. The van der Waals surface area contributed by atoms with Gasteiger partial charge < -0.3 is 31.5 Å². The Labute approximate surface area is 232 Å². The van der Waals surface area contributed by atoms with E-state index in [0.717, 1.165) is 48.8 Å². The summed E-state index contributed by atoms with van der Waals surface area (Å²) in [6, 6.07) is 19.2. The molecule has 1 saturated heterocycles. The number of aliphatic hydroxyl groups is 1. The molecule has 1 atom stereocenters. The average molecular weight is 532 g/mol. The predicted octanol–water partition coefficient (Wildman–Crippen LogP) is 3.61. The fraction of sp³-hybridized carbons (Fsp3) is 0.625. The maximum absolute atomic E-state index is 10.8. The molecule has 5 heteroatoms. The molecule has 208 valence electrons. The van der Waals surface area contributed by atoms with Gasteiger partial charge in [0.05, 0.1) is 26.3 Å². The van der Waals surface area contributed by atoms with E-state index in [-0.39, 0.29) is 23.2 Å². The Morgan fingerprint density at radius 3 is 2.14 bits per heavy atom. The van der Waals surface area contributed by atoms with Crippen LogP contribution in [-0.2, 0) is 16.7 Å². The van der Waals surface area contributed by atoms with Crippen LogP contribution in [0.4, 0.5) is 0 Å². The fourth-order valence-electron chi connectivity index (χ4n) is 5.99. The first kappa shape index (κ1) is 31.6. The Morgan fingerprint density at radius 1 is 0.919 bits per heavy atom. The highest BCUT2D eigenvalue weighted by molar-refractivity contribution is 5.31. The number of hydrogen-bond donors (Lipinski definition) is 1. The highest BCUT2D eigenvalue weighted by Crippen LogP contribution is 2.36. The number of quaternary nitrogens is 1. The van der Waals surface area contributed by atoms with Crippen molar-refractivity contribution in [1.29, 1.82) is 0 Å². The van der Waals surface area contributed by atoms with Crippen LogP contribution in [0.2, 0.25) is 0 Å². The lowest BCUT2D eigenvalue weighted by molar-refractivity contribution is -0.948. The van der Waals surface area contributed by atoms with Crippen molar-refractivity contribution in [2.24, 2.45) is 11.3 Å². The van der Waals surface area contributed by atoms with Gasteiger partial charge in [0.2, 0.25) is 0 Å². The zero-order valence-electron chi connectivity index (χ0n) is 24.0. The van der Waals surface area contributed by atoms with Crippen LogP contribution in [0.1, 0.15) is 71.9 Å². The van der Waals surface area contributed by atoms with Crippen LogP contribution in [-0.4, -0.2) is 55.1 Å². The molecule has 4 nitrogen and oxygen atoms in total. The Morgan fingerprint density at radius 2 is 1.54 bits per heavy atom. The maximum Gasteiger partial charge on any atom is 0.126 e. The monoisotopic (exact) mass is 531 g/mol. The molecule has 1 aliphatic rings. The van der Waals surface area contributed by atoms with E-state index in [1.54, 1.807) is 0 Å². The Bertz CT molecular complexity index is 900. The van der Waals surface area contributed by atoms with Gasteiger partial charge in [-0.05, 0) is 53.7 Å². The van der Waals surface area contributed by atoms with Gasteiger partial charge in [0.25, 0.3) is 0 Å². The van der Waals surface area contributed by atoms with Gasteiger partial charge in [-0.1, -0.05) is 84.0 Å². The third-order valence-corrected chi connectivity index (χ3v) is 7.57. The van der Waals surface area contributed by atoms with Crippen LogP contribution in [0, 0.1) is 11.3 Å². The van der Waals surface area contributed by atoms with Crippen molar-refractivity contribution >= 4 is 0 Å². The van der Waals surface area contributed by atoms with Gasteiger partial charge in [0.15, 0.2) is 0 Å². The molecule has 0 saturated carbocycles. The van der Waals surface area contributed by atoms with E-state index in [1.807, 2.05) is 0 Å². The lowest BCUT2D eigenvalue weighted by Gasteiger charge is -2.44. The predicted molar refractivity (Wildman–Crippen MR) is 149 cm³/mol. The molecule has 1 fully saturated rings. The first-order valence-corrected chi connectivity index (χ1v) is 13.8. The van der Waals surface area contributed by atoms with Gasteiger partial charge in [-0.15, -0.1) is 0 Å². The molecule has 0 radical (unpaired) electrons. The zero-order valence-corrected chi connectivity index (χ0v) is 24.8. The molecule has 1 unspecified atom stereocenters. The van der Waals surface area contributed by atoms with Crippen molar-refractivity contribution in [2.75, 3.05) is 39.5 Å². The average Bonchev–Trinajstić information content (AvgIpc) is 2.80. The van der Waals surface area contributed by atoms with E-state index in [1.165, 1.54) is 24.0 Å². The van der Waals surface area contributed by atoms with Gasteiger partial charge in [-0.3, -0.25) is 0 Å². The molecule has 2 aromatic rings. The summed E-state index contributed by atoms with van der Waals surface area (Å²) < 4.78 is 12.7. The molecule has 1 aliphatic heterocycles. The van der Waals surface area contributed by atoms with Crippen molar-refractivity contribution in [3.63, 3.8) is 0 Å². The second-order valence-corrected chi connectivity index (χ2v) is 13.0. The van der Waals surface area contributed by atoms with E-state index in [4.69, 9.17) is 9.47 Å². The summed E-state index contributed by atoms with van der Waals surface area (Å²) in [6.45, 7) is 19.1. The van der Waals surface area contributed by atoms with Crippen LogP contribution in [0.5, 0.6) is 5.75 Å². The molecule has 2 aromatic carbocycles. The highest BCUT2D eigenvalue weighted by atomic mass is 35.5. The molecule has 0 bridgehead atoms. The van der Waals surface area contributed by atoms with Crippen molar-refractivity contribution in [3.8, 4) is 5.75 Å². The largest absolute Gasteiger partial charge is 1.00 e. The van der Waals surface area contributed by atoms with E-state index in [0.29, 0.717) is 19.8 Å². The minimum Gasteiger partial charge on any atom is -1.00 e. The third-order valence-electron chi connectivity index (χ3n) is 7.57. The summed E-state index contributed by atoms with van der Waals surface area (Å²) in [6.07, 6.45) is 3.10. The van der Waals surface area contributed by atoms with Crippen LogP contribution in [0.3, 0.4) is 0 Å². The number of hydrogen-bond acceptors (Lipinski definition) is 3. The van der Waals surface area contributed by atoms with Crippen molar-refractivity contribution in [1.82, 2.24) is 0 Å². The summed E-state index contributed by atoms with van der Waals surface area (Å²) in [5.74, 6) is 1.64. The van der Waals surface area contributed by atoms with Crippen molar-refractivity contribution in [2.45, 2.75) is 78.9 Å². The van der Waals surface area contributed by atoms with Crippen LogP contribution in [0.15, 0.2) is 54.6 Å². The fourth-order valence-corrected chi connectivity index (χ4v) is 5.99. The first-order chi connectivity index (χ1) is 17.0. The van der Waals surface area contributed by atoms with Gasteiger partial charge in [-0.2, -0.15) is 0 Å². The molecule has 37 heavy (non-hydrogen) atoms. The summed E-state index contributed by atoms with van der Waals surface area (Å²) in [5, 5.41) is 10.8. The molecule has 0 aromatic heterocycles. The van der Waals surface area contributed by atoms with Gasteiger partial charge >= 0.3 is 0 Å². The smallest absolute Gasteiger partial charge is 0.126 e. The van der Waals surface area contributed by atoms with Crippen LogP contribution in [0.25, 0.3) is 0 Å². The second kappa shape index (κ2) is 14.0. The van der Waals surface area contributed by atoms with Gasteiger partial charge in [-0.25, -0.2) is 0 Å². The van der Waals surface area contributed by atoms with Gasteiger partial charge in [0.1, 0.15) is 31.5 Å². The number of benzene rings is 2. The second-order valence-electron chi connectivity index (χ2n) is 13.0. The van der Waals surface area contributed by atoms with Crippen LogP contribution >= 0.6 is 0 Å². The molecule has 0 aliphatic carbocycles. The molecular weight excluding hydrogens is 482 g/mol. The standard InChI is InChI=1S/C32H50NO3.ClH/c1-26-16-18-33(19-17-26,22-27-10-8-7-9-11-27)23-29(34)24-35-20-21-36-30-14-12-28(13-15-30)32(5,6)25-31(2,3)4;/h7-15,26,29,34H,16-25H2,1-6H3;1H/q+1;/p-1. The quantitative estimate of drug-likeness (QED) is 0.336. The lowest BCUT2D eigenvalue weighted by atomic mass is 9.72. The van der Waals surface area contributed by atoms with E-state index in [2.05, 4.69) is 96.1 Å². The summed E-state index contributed by atoms with van der Waals surface area (Å²) in [5.41, 5.74) is 3.10. The number of aliphatic hydroxyl groups excluding tert-OH is 1. The molecule has 1 N–H and O–H groups in total.